The molecule has 1 heterocycles. The van der Waals surface area contributed by atoms with Gasteiger partial charge >= 0.3 is 6.03 Å². The number of carbonyl (C=O) groups is 2. The number of hydrogen-bond acceptors (Lipinski definition) is 3. The Balaban J connectivity index is 1.54. The number of amides is 3. The highest BCUT2D eigenvalue weighted by molar-refractivity contribution is 5.81. The van der Waals surface area contributed by atoms with E-state index in [1.54, 1.807) is 0 Å². The number of urea groups is 1. The number of carbonyl (C=O) groups excluding carboxylic acids is 2. The summed E-state index contributed by atoms with van der Waals surface area (Å²) in [5.74, 6) is 0.523. The highest BCUT2D eigenvalue weighted by Crippen LogP contribution is 2.18. The van der Waals surface area contributed by atoms with E-state index in [1.807, 2.05) is 26.8 Å². The maximum atomic E-state index is 11.9. The lowest BCUT2D eigenvalue weighted by atomic mass is 9.96. The van der Waals surface area contributed by atoms with Gasteiger partial charge in [-0.15, -0.1) is 0 Å². The van der Waals surface area contributed by atoms with Crippen molar-refractivity contribution in [3.63, 3.8) is 0 Å². The maximum absolute atomic E-state index is 11.9. The SMILES string of the molecule is CC(C)(C)C(=O)NCCNC(=O)NCC1CCN(Cc2ccccc2)CC1. The average molecular weight is 375 g/mol. The first-order chi connectivity index (χ1) is 12.8. The number of benzene rings is 1. The van der Waals surface area contributed by atoms with E-state index in [1.165, 1.54) is 5.56 Å². The molecule has 27 heavy (non-hydrogen) atoms. The number of rotatable bonds is 7. The van der Waals surface area contributed by atoms with E-state index in [0.29, 0.717) is 25.6 Å². The third-order valence-electron chi connectivity index (χ3n) is 4.88. The van der Waals surface area contributed by atoms with E-state index < -0.39 is 5.41 Å². The summed E-state index contributed by atoms with van der Waals surface area (Å²) >= 11 is 0. The Kier molecular flexibility index (Phi) is 8.10. The molecule has 1 aliphatic rings. The third-order valence-corrected chi connectivity index (χ3v) is 4.88. The standard InChI is InChI=1S/C21H34N4O2/c1-21(2,3)19(26)22-11-12-23-20(27)24-15-17-9-13-25(14-10-17)16-18-7-5-4-6-8-18/h4-8,17H,9-16H2,1-3H3,(H,22,26)(H2,23,24,27). The van der Waals surface area contributed by atoms with Crippen LogP contribution < -0.4 is 16.0 Å². The highest BCUT2D eigenvalue weighted by atomic mass is 16.2. The molecule has 3 amide bonds. The van der Waals surface area contributed by atoms with Gasteiger partial charge in [0.25, 0.3) is 0 Å². The molecule has 1 fully saturated rings. The molecule has 1 aromatic carbocycles. The Labute approximate surface area is 163 Å². The molecule has 150 valence electrons. The molecular weight excluding hydrogens is 340 g/mol. The predicted octanol–water partition coefficient (Wildman–Crippen LogP) is 2.36. The molecule has 2 rings (SSSR count). The zero-order valence-electron chi connectivity index (χ0n) is 16.9. The van der Waals surface area contributed by atoms with Crippen molar-refractivity contribution in [3.05, 3.63) is 35.9 Å². The Bertz CT molecular complexity index is 590. The largest absolute Gasteiger partial charge is 0.354 e. The molecule has 1 aliphatic heterocycles. The molecule has 0 radical (unpaired) electrons. The maximum Gasteiger partial charge on any atom is 0.314 e. The van der Waals surface area contributed by atoms with Gasteiger partial charge in [-0.05, 0) is 37.4 Å². The zero-order chi connectivity index (χ0) is 19.7. The molecule has 0 bridgehead atoms. The average Bonchev–Trinajstić information content (AvgIpc) is 2.64. The van der Waals surface area contributed by atoms with Crippen LogP contribution >= 0.6 is 0 Å². The van der Waals surface area contributed by atoms with Gasteiger partial charge in [0.05, 0.1) is 0 Å². The summed E-state index contributed by atoms with van der Waals surface area (Å²) < 4.78 is 0. The van der Waals surface area contributed by atoms with E-state index in [4.69, 9.17) is 0 Å². The number of nitrogens with zero attached hydrogens (tertiary/aromatic N) is 1. The van der Waals surface area contributed by atoms with E-state index in [2.05, 4.69) is 45.1 Å². The first-order valence-corrected chi connectivity index (χ1v) is 9.91. The molecule has 0 saturated carbocycles. The van der Waals surface area contributed by atoms with Crippen LogP contribution in [0.3, 0.4) is 0 Å². The van der Waals surface area contributed by atoms with Gasteiger partial charge in [0.1, 0.15) is 0 Å². The van der Waals surface area contributed by atoms with E-state index in [0.717, 1.165) is 32.5 Å². The molecule has 6 nitrogen and oxygen atoms in total. The molecule has 0 unspecified atom stereocenters. The van der Waals surface area contributed by atoms with Crippen LogP contribution in [-0.4, -0.2) is 49.6 Å². The lowest BCUT2D eigenvalue weighted by Gasteiger charge is -2.32. The molecule has 1 saturated heterocycles. The van der Waals surface area contributed by atoms with Gasteiger partial charge in [0.2, 0.25) is 5.91 Å². The summed E-state index contributed by atoms with van der Waals surface area (Å²) in [4.78, 5) is 26.1. The first kappa shape index (κ1) is 21.2. The minimum absolute atomic E-state index is 0.00743. The second-order valence-electron chi connectivity index (χ2n) is 8.35. The molecule has 1 aromatic rings. The number of piperidine rings is 1. The molecule has 6 heteroatoms. The van der Waals surface area contributed by atoms with Crippen molar-refractivity contribution in [1.82, 2.24) is 20.9 Å². The summed E-state index contributed by atoms with van der Waals surface area (Å²) in [5.41, 5.74) is 0.949. The van der Waals surface area contributed by atoms with Crippen molar-refractivity contribution in [1.29, 1.82) is 0 Å². The Morgan fingerprint density at radius 1 is 1.00 bits per heavy atom. The smallest absolute Gasteiger partial charge is 0.314 e. The predicted molar refractivity (Wildman–Crippen MR) is 108 cm³/mol. The minimum atomic E-state index is -0.405. The Morgan fingerprint density at radius 3 is 2.26 bits per heavy atom. The highest BCUT2D eigenvalue weighted by Gasteiger charge is 2.21. The molecule has 0 spiro atoms. The van der Waals surface area contributed by atoms with Crippen LogP contribution in [0.1, 0.15) is 39.2 Å². The van der Waals surface area contributed by atoms with Crippen LogP contribution in [0.15, 0.2) is 30.3 Å². The minimum Gasteiger partial charge on any atom is -0.354 e. The number of likely N-dealkylation sites (tertiary alicyclic amines) is 1. The zero-order valence-corrected chi connectivity index (χ0v) is 16.9. The van der Waals surface area contributed by atoms with E-state index in [9.17, 15) is 9.59 Å². The summed E-state index contributed by atoms with van der Waals surface area (Å²) in [5, 5.41) is 8.57. The summed E-state index contributed by atoms with van der Waals surface area (Å²) in [6, 6.07) is 10.4. The molecule has 0 aromatic heterocycles. The van der Waals surface area contributed by atoms with Crippen molar-refractivity contribution in [3.8, 4) is 0 Å². The van der Waals surface area contributed by atoms with E-state index >= 15 is 0 Å². The fourth-order valence-electron chi connectivity index (χ4n) is 3.11. The topological polar surface area (TPSA) is 73.5 Å². The molecule has 0 atom stereocenters. The van der Waals surface area contributed by atoms with E-state index in [-0.39, 0.29) is 11.9 Å². The number of nitrogens with one attached hydrogen (secondary N) is 3. The van der Waals surface area contributed by atoms with Crippen molar-refractivity contribution in [2.24, 2.45) is 11.3 Å². The third kappa shape index (κ3) is 7.99. The lowest BCUT2D eigenvalue weighted by Crippen LogP contribution is -2.44. The van der Waals surface area contributed by atoms with Crippen LogP contribution in [0, 0.1) is 11.3 Å². The van der Waals surface area contributed by atoms with Gasteiger partial charge in [-0.3, -0.25) is 9.69 Å². The normalized spacial score (nSPS) is 16.0. The lowest BCUT2D eigenvalue weighted by molar-refractivity contribution is -0.128. The van der Waals surface area contributed by atoms with Crippen LogP contribution in [0.5, 0.6) is 0 Å². The van der Waals surface area contributed by atoms with Crippen LogP contribution in [0.4, 0.5) is 4.79 Å². The van der Waals surface area contributed by atoms with Gasteiger partial charge in [0, 0.05) is 31.6 Å². The van der Waals surface area contributed by atoms with Crippen molar-refractivity contribution in [2.75, 3.05) is 32.7 Å². The van der Waals surface area contributed by atoms with Gasteiger partial charge in [-0.2, -0.15) is 0 Å². The quantitative estimate of drug-likeness (QED) is 0.642. The van der Waals surface area contributed by atoms with Crippen LogP contribution in [-0.2, 0) is 11.3 Å². The van der Waals surface area contributed by atoms with Gasteiger partial charge in [-0.1, -0.05) is 51.1 Å². The monoisotopic (exact) mass is 374 g/mol. The van der Waals surface area contributed by atoms with Crippen molar-refractivity contribution >= 4 is 11.9 Å². The second kappa shape index (κ2) is 10.3. The summed E-state index contributed by atoms with van der Waals surface area (Å²) in [6.07, 6.45) is 2.21. The number of hydrogen-bond donors (Lipinski definition) is 3. The first-order valence-electron chi connectivity index (χ1n) is 9.91. The Morgan fingerprint density at radius 2 is 1.63 bits per heavy atom. The molecule has 3 N–H and O–H groups in total. The van der Waals surface area contributed by atoms with Gasteiger partial charge < -0.3 is 16.0 Å². The fraction of sp³-hybridized carbons (Fsp3) is 0.619. The Hall–Kier alpha value is -2.08. The van der Waals surface area contributed by atoms with Crippen molar-refractivity contribution in [2.45, 2.75) is 40.2 Å². The summed E-state index contributed by atoms with van der Waals surface area (Å²) in [7, 11) is 0. The van der Waals surface area contributed by atoms with Gasteiger partial charge in [0.15, 0.2) is 0 Å². The summed E-state index contributed by atoms with van der Waals surface area (Å²) in [6.45, 7) is 10.3. The molecule has 0 aliphatic carbocycles. The van der Waals surface area contributed by atoms with Crippen LogP contribution in [0.2, 0.25) is 0 Å². The van der Waals surface area contributed by atoms with Crippen LogP contribution in [0.25, 0.3) is 0 Å². The molecular formula is C21H34N4O2. The fourth-order valence-corrected chi connectivity index (χ4v) is 3.11. The van der Waals surface area contributed by atoms with Crippen molar-refractivity contribution < 1.29 is 9.59 Å². The van der Waals surface area contributed by atoms with Gasteiger partial charge in [-0.25, -0.2) is 4.79 Å². The second-order valence-corrected chi connectivity index (χ2v) is 8.35.